The summed E-state index contributed by atoms with van der Waals surface area (Å²) in [6, 6.07) is 13.1. The van der Waals surface area contributed by atoms with E-state index in [-0.39, 0.29) is 10.8 Å². The number of anilines is 1. The monoisotopic (exact) mass is 364 g/mol. The van der Waals surface area contributed by atoms with Gasteiger partial charge >= 0.3 is 0 Å². The van der Waals surface area contributed by atoms with Gasteiger partial charge in [-0.15, -0.1) is 0 Å². The first-order valence-corrected chi connectivity index (χ1v) is 8.88. The highest BCUT2D eigenvalue weighted by atomic mass is 35.5. The number of halogens is 1. The van der Waals surface area contributed by atoms with Crippen LogP contribution in [0.1, 0.15) is 5.56 Å². The van der Waals surface area contributed by atoms with Crippen LogP contribution in [0.3, 0.4) is 0 Å². The van der Waals surface area contributed by atoms with Crippen LogP contribution in [0.4, 0.5) is 5.69 Å². The van der Waals surface area contributed by atoms with E-state index in [9.17, 15) is 13.2 Å². The highest BCUT2D eigenvalue weighted by Crippen LogP contribution is 2.18. The van der Waals surface area contributed by atoms with Crippen LogP contribution in [0.15, 0.2) is 59.5 Å². The number of rotatable bonds is 5. The number of amides is 1. The molecule has 126 valence electrons. The molecule has 0 unspecified atom stereocenters. The van der Waals surface area contributed by atoms with Crippen molar-refractivity contribution in [2.24, 2.45) is 0 Å². The highest BCUT2D eigenvalue weighted by molar-refractivity contribution is 7.89. The van der Waals surface area contributed by atoms with E-state index in [1.165, 1.54) is 32.3 Å². The van der Waals surface area contributed by atoms with E-state index in [0.29, 0.717) is 10.7 Å². The van der Waals surface area contributed by atoms with E-state index in [2.05, 4.69) is 5.32 Å². The maximum absolute atomic E-state index is 12.1. The minimum absolute atomic E-state index is 0.118. The van der Waals surface area contributed by atoms with E-state index in [0.717, 1.165) is 9.87 Å². The van der Waals surface area contributed by atoms with E-state index in [4.69, 9.17) is 11.6 Å². The van der Waals surface area contributed by atoms with E-state index in [1.54, 1.807) is 42.5 Å². The summed E-state index contributed by atoms with van der Waals surface area (Å²) in [5, 5.41) is 3.26. The molecule has 0 saturated heterocycles. The molecule has 2 aromatic carbocycles. The zero-order chi connectivity index (χ0) is 17.7. The van der Waals surface area contributed by atoms with Gasteiger partial charge in [-0.1, -0.05) is 29.8 Å². The van der Waals surface area contributed by atoms with Gasteiger partial charge in [-0.2, -0.15) is 0 Å². The molecule has 0 spiro atoms. The van der Waals surface area contributed by atoms with Gasteiger partial charge in [-0.3, -0.25) is 4.79 Å². The first kappa shape index (κ1) is 18.2. The standard InChI is InChI=1S/C17H17ClN2O3S/c1-20(2)24(22,23)16-5-3-4-15(12-16)19-17(21)11-8-13-6-9-14(18)10-7-13/h3-12H,1-2H3,(H,19,21). The summed E-state index contributed by atoms with van der Waals surface area (Å²) < 4.78 is 25.3. The van der Waals surface area contributed by atoms with Gasteiger partial charge in [0, 0.05) is 30.9 Å². The molecule has 0 aliphatic carbocycles. The van der Waals surface area contributed by atoms with Crippen molar-refractivity contribution < 1.29 is 13.2 Å². The van der Waals surface area contributed by atoms with Crippen molar-refractivity contribution >= 4 is 39.3 Å². The van der Waals surface area contributed by atoms with E-state index < -0.39 is 10.0 Å². The second-order valence-corrected chi connectivity index (χ2v) is 7.78. The quantitative estimate of drug-likeness (QED) is 0.828. The molecule has 0 radical (unpaired) electrons. The number of hydrogen-bond donors (Lipinski definition) is 1. The van der Waals surface area contributed by atoms with Gasteiger partial charge in [-0.25, -0.2) is 12.7 Å². The summed E-state index contributed by atoms with van der Waals surface area (Å²) in [5.74, 6) is -0.357. The number of carbonyl (C=O) groups is 1. The molecular formula is C17H17ClN2O3S. The molecule has 0 bridgehead atoms. The van der Waals surface area contributed by atoms with E-state index in [1.807, 2.05) is 0 Å². The molecule has 0 fully saturated rings. The largest absolute Gasteiger partial charge is 0.322 e. The summed E-state index contributed by atoms with van der Waals surface area (Å²) in [6.07, 6.45) is 3.02. The van der Waals surface area contributed by atoms with Crippen LogP contribution < -0.4 is 5.32 Å². The average Bonchev–Trinajstić information content (AvgIpc) is 2.54. The zero-order valence-electron chi connectivity index (χ0n) is 13.2. The van der Waals surface area contributed by atoms with Gasteiger partial charge < -0.3 is 5.32 Å². The molecule has 0 atom stereocenters. The summed E-state index contributed by atoms with van der Waals surface area (Å²) in [7, 11) is -0.635. The molecule has 0 heterocycles. The molecule has 0 aliphatic rings. The van der Waals surface area contributed by atoms with Gasteiger partial charge in [0.2, 0.25) is 15.9 Å². The number of nitrogens with zero attached hydrogens (tertiary/aromatic N) is 1. The van der Waals surface area contributed by atoms with E-state index >= 15 is 0 Å². The van der Waals surface area contributed by atoms with Gasteiger partial charge in [0.25, 0.3) is 0 Å². The predicted octanol–water partition coefficient (Wildman–Crippen LogP) is 3.24. The lowest BCUT2D eigenvalue weighted by Crippen LogP contribution is -2.22. The number of sulfonamides is 1. The number of hydrogen-bond acceptors (Lipinski definition) is 3. The Balaban J connectivity index is 2.11. The molecule has 5 nitrogen and oxygen atoms in total. The number of benzene rings is 2. The first-order valence-electron chi connectivity index (χ1n) is 7.06. The van der Waals surface area contributed by atoms with Crippen LogP contribution in [0.25, 0.3) is 6.08 Å². The van der Waals surface area contributed by atoms with Gasteiger partial charge in [0.05, 0.1) is 4.90 Å². The Hall–Kier alpha value is -2.15. The number of nitrogens with one attached hydrogen (secondary N) is 1. The normalized spacial score (nSPS) is 11.8. The summed E-state index contributed by atoms with van der Waals surface area (Å²) in [6.45, 7) is 0. The van der Waals surface area contributed by atoms with Crippen LogP contribution in [-0.4, -0.2) is 32.7 Å². The maximum Gasteiger partial charge on any atom is 0.248 e. The molecular weight excluding hydrogens is 348 g/mol. The lowest BCUT2D eigenvalue weighted by atomic mass is 10.2. The Morgan fingerprint density at radius 3 is 2.42 bits per heavy atom. The number of carbonyl (C=O) groups excluding carboxylic acids is 1. The van der Waals surface area contributed by atoms with Crippen molar-refractivity contribution in [3.8, 4) is 0 Å². The molecule has 2 rings (SSSR count). The van der Waals surface area contributed by atoms with Crippen molar-refractivity contribution in [3.05, 3.63) is 65.2 Å². The van der Waals surface area contributed by atoms with Crippen molar-refractivity contribution in [3.63, 3.8) is 0 Å². The van der Waals surface area contributed by atoms with Crippen molar-refractivity contribution in [2.45, 2.75) is 4.90 Å². The summed E-state index contributed by atoms with van der Waals surface area (Å²) >= 11 is 5.80. The van der Waals surface area contributed by atoms with Crippen LogP contribution in [0.5, 0.6) is 0 Å². The summed E-state index contributed by atoms with van der Waals surface area (Å²) in [5.41, 5.74) is 1.24. The molecule has 1 N–H and O–H groups in total. The Morgan fingerprint density at radius 1 is 1.12 bits per heavy atom. The van der Waals surface area contributed by atoms with Crippen LogP contribution in [0, 0.1) is 0 Å². The third-order valence-corrected chi connectivity index (χ3v) is 5.24. The van der Waals surface area contributed by atoms with Crippen molar-refractivity contribution in [1.29, 1.82) is 0 Å². The third-order valence-electron chi connectivity index (χ3n) is 3.18. The lowest BCUT2D eigenvalue weighted by molar-refractivity contribution is -0.111. The fourth-order valence-electron chi connectivity index (χ4n) is 1.87. The molecule has 24 heavy (non-hydrogen) atoms. The Bertz CT molecular complexity index is 860. The van der Waals surface area contributed by atoms with Crippen LogP contribution in [0.2, 0.25) is 5.02 Å². The fraction of sp³-hybridized carbons (Fsp3) is 0.118. The maximum atomic E-state index is 12.1. The second-order valence-electron chi connectivity index (χ2n) is 5.19. The Labute approximate surface area is 146 Å². The molecule has 2 aromatic rings. The topological polar surface area (TPSA) is 66.5 Å². The SMILES string of the molecule is CN(C)S(=O)(=O)c1cccc(NC(=O)C=Cc2ccc(Cl)cc2)c1. The predicted molar refractivity (Wildman–Crippen MR) is 96.4 cm³/mol. The summed E-state index contributed by atoms with van der Waals surface area (Å²) in [4.78, 5) is 12.1. The van der Waals surface area contributed by atoms with Crippen molar-refractivity contribution in [2.75, 3.05) is 19.4 Å². The molecule has 0 aromatic heterocycles. The minimum atomic E-state index is -3.54. The fourth-order valence-corrected chi connectivity index (χ4v) is 2.95. The zero-order valence-corrected chi connectivity index (χ0v) is 14.8. The highest BCUT2D eigenvalue weighted by Gasteiger charge is 2.17. The van der Waals surface area contributed by atoms with Crippen LogP contribution >= 0.6 is 11.6 Å². The smallest absolute Gasteiger partial charge is 0.248 e. The third kappa shape index (κ3) is 4.67. The molecule has 1 amide bonds. The van der Waals surface area contributed by atoms with Crippen LogP contribution in [-0.2, 0) is 14.8 Å². The Morgan fingerprint density at radius 2 is 1.79 bits per heavy atom. The van der Waals surface area contributed by atoms with Gasteiger partial charge in [0.1, 0.15) is 0 Å². The first-order chi connectivity index (χ1) is 11.3. The molecule has 0 aliphatic heterocycles. The van der Waals surface area contributed by atoms with Gasteiger partial charge in [-0.05, 0) is 42.0 Å². The molecule has 7 heteroatoms. The lowest BCUT2D eigenvalue weighted by Gasteiger charge is -2.12. The Kier molecular flexibility index (Phi) is 5.77. The molecule has 0 saturated carbocycles. The minimum Gasteiger partial charge on any atom is -0.322 e. The average molecular weight is 365 g/mol. The van der Waals surface area contributed by atoms with Gasteiger partial charge in [0.15, 0.2) is 0 Å². The van der Waals surface area contributed by atoms with Crippen molar-refractivity contribution in [1.82, 2.24) is 4.31 Å². The second kappa shape index (κ2) is 7.61.